The number of aliphatic hydroxyl groups is 1. The van der Waals surface area contributed by atoms with Gasteiger partial charge in [0.1, 0.15) is 11.5 Å². The second-order valence-corrected chi connectivity index (χ2v) is 8.23. The number of carbonyl (C=O) groups excluding carboxylic acids is 2. The molecule has 1 saturated heterocycles. The van der Waals surface area contributed by atoms with Gasteiger partial charge >= 0.3 is 0 Å². The molecule has 1 amide bonds. The first-order valence-corrected chi connectivity index (χ1v) is 10.5. The van der Waals surface area contributed by atoms with Crippen molar-refractivity contribution in [3.8, 4) is 5.75 Å². The summed E-state index contributed by atoms with van der Waals surface area (Å²) >= 11 is 12.4. The van der Waals surface area contributed by atoms with Gasteiger partial charge in [-0.2, -0.15) is 0 Å². The van der Waals surface area contributed by atoms with Crippen molar-refractivity contribution in [2.24, 2.45) is 0 Å². The van der Waals surface area contributed by atoms with Gasteiger partial charge in [-0.25, -0.2) is 0 Å². The Morgan fingerprint density at radius 3 is 2.28 bits per heavy atom. The number of anilines is 1. The van der Waals surface area contributed by atoms with Crippen LogP contribution in [0.4, 0.5) is 5.69 Å². The first-order valence-electron chi connectivity index (χ1n) is 9.79. The van der Waals surface area contributed by atoms with Crippen molar-refractivity contribution < 1.29 is 19.4 Å². The van der Waals surface area contributed by atoms with Crippen molar-refractivity contribution in [2.45, 2.75) is 13.0 Å². The van der Waals surface area contributed by atoms with E-state index in [0.717, 1.165) is 5.56 Å². The molecule has 5 nitrogen and oxygen atoms in total. The highest BCUT2D eigenvalue weighted by Crippen LogP contribution is 2.44. The molecule has 0 bridgehead atoms. The van der Waals surface area contributed by atoms with Gasteiger partial charge in [0.2, 0.25) is 0 Å². The molecule has 7 heteroatoms. The number of methoxy groups -OCH3 is 1. The highest BCUT2D eigenvalue weighted by atomic mass is 35.5. The van der Waals surface area contributed by atoms with E-state index in [4.69, 9.17) is 27.9 Å². The maximum atomic E-state index is 13.2. The first-order chi connectivity index (χ1) is 15.3. The first kappa shape index (κ1) is 21.9. The molecule has 1 fully saturated rings. The number of carbonyl (C=O) groups is 2. The Morgan fingerprint density at radius 1 is 1.00 bits per heavy atom. The molecule has 3 aromatic carbocycles. The summed E-state index contributed by atoms with van der Waals surface area (Å²) in [6.07, 6.45) is 0. The van der Waals surface area contributed by atoms with Gasteiger partial charge in [0, 0.05) is 10.7 Å². The summed E-state index contributed by atoms with van der Waals surface area (Å²) in [6.45, 7) is 1.81. The zero-order valence-electron chi connectivity index (χ0n) is 17.3. The van der Waals surface area contributed by atoms with E-state index in [0.29, 0.717) is 16.3 Å². The van der Waals surface area contributed by atoms with Crippen LogP contribution in [0, 0.1) is 6.92 Å². The molecule has 3 aromatic rings. The number of benzene rings is 3. The third-order valence-corrected chi connectivity index (χ3v) is 5.84. The lowest BCUT2D eigenvalue weighted by atomic mass is 9.94. The van der Waals surface area contributed by atoms with Crippen LogP contribution in [0.1, 0.15) is 22.7 Å². The summed E-state index contributed by atoms with van der Waals surface area (Å²) in [4.78, 5) is 27.7. The largest absolute Gasteiger partial charge is 0.507 e. The summed E-state index contributed by atoms with van der Waals surface area (Å²) in [7, 11) is 1.42. The molecule has 32 heavy (non-hydrogen) atoms. The van der Waals surface area contributed by atoms with Crippen LogP contribution in [-0.4, -0.2) is 23.9 Å². The Kier molecular flexibility index (Phi) is 5.96. The number of hydrogen-bond donors (Lipinski definition) is 1. The smallest absolute Gasteiger partial charge is 0.300 e. The van der Waals surface area contributed by atoms with Crippen LogP contribution < -0.4 is 9.64 Å². The predicted octanol–water partition coefficient (Wildman–Crippen LogP) is 5.94. The summed E-state index contributed by atoms with van der Waals surface area (Å²) in [5.74, 6) is -1.68. The lowest BCUT2D eigenvalue weighted by Crippen LogP contribution is -2.29. The Bertz CT molecular complexity index is 1240. The minimum Gasteiger partial charge on any atom is -0.507 e. The quantitative estimate of drug-likeness (QED) is 0.293. The molecule has 0 saturated carbocycles. The zero-order valence-corrected chi connectivity index (χ0v) is 18.8. The van der Waals surface area contributed by atoms with Crippen LogP contribution in [0.3, 0.4) is 0 Å². The van der Waals surface area contributed by atoms with E-state index in [-0.39, 0.29) is 27.7 Å². The lowest BCUT2D eigenvalue weighted by Gasteiger charge is -2.25. The highest BCUT2D eigenvalue weighted by Gasteiger charge is 2.47. The third-order valence-electron chi connectivity index (χ3n) is 5.31. The van der Waals surface area contributed by atoms with E-state index >= 15 is 0 Å². The number of hydrogen-bond acceptors (Lipinski definition) is 4. The van der Waals surface area contributed by atoms with Crippen LogP contribution >= 0.6 is 23.2 Å². The number of para-hydroxylation sites is 1. The second-order valence-electron chi connectivity index (χ2n) is 7.38. The SMILES string of the molecule is COc1c(Cl)cc(C)cc1/C(O)=C1\C(=O)C(=O)N(c2ccccc2)C1c1ccc(Cl)cc1. The van der Waals surface area contributed by atoms with Gasteiger partial charge in [0.05, 0.1) is 29.3 Å². The normalized spacial score (nSPS) is 17.6. The number of aryl methyl sites for hydroxylation is 1. The standard InChI is InChI=1S/C25H19Cl2NO4/c1-14-12-18(24(32-2)19(27)13-14)22(29)20-21(15-8-10-16(26)11-9-15)28(25(31)23(20)30)17-6-4-3-5-7-17/h3-13,21,29H,1-2H3/b22-20+. The molecule has 1 unspecified atom stereocenters. The molecule has 1 atom stereocenters. The Labute approximate surface area is 195 Å². The van der Waals surface area contributed by atoms with Gasteiger partial charge in [-0.3, -0.25) is 14.5 Å². The summed E-state index contributed by atoms with van der Waals surface area (Å²) in [5, 5.41) is 12.1. The molecule has 4 rings (SSSR count). The van der Waals surface area contributed by atoms with Crippen LogP contribution in [-0.2, 0) is 9.59 Å². The molecule has 0 aliphatic carbocycles. The molecular weight excluding hydrogens is 449 g/mol. The van der Waals surface area contributed by atoms with Gasteiger partial charge in [0.15, 0.2) is 0 Å². The fourth-order valence-corrected chi connectivity index (χ4v) is 4.38. The van der Waals surface area contributed by atoms with Crippen molar-refractivity contribution in [1.29, 1.82) is 0 Å². The molecule has 1 N–H and O–H groups in total. The minimum atomic E-state index is -0.862. The molecule has 1 aliphatic heterocycles. The molecule has 0 spiro atoms. The van der Waals surface area contributed by atoms with Crippen molar-refractivity contribution in [1.82, 2.24) is 0 Å². The molecule has 1 heterocycles. The topological polar surface area (TPSA) is 66.8 Å². The number of nitrogens with zero attached hydrogens (tertiary/aromatic N) is 1. The molecule has 0 aromatic heterocycles. The number of aliphatic hydroxyl groups excluding tert-OH is 1. The van der Waals surface area contributed by atoms with E-state index in [9.17, 15) is 14.7 Å². The lowest BCUT2D eigenvalue weighted by molar-refractivity contribution is -0.132. The average Bonchev–Trinajstić information content (AvgIpc) is 3.04. The number of halogens is 2. The van der Waals surface area contributed by atoms with Crippen molar-refractivity contribution in [3.05, 3.63) is 99.0 Å². The number of ketones is 1. The second kappa shape index (κ2) is 8.69. The predicted molar refractivity (Wildman–Crippen MR) is 125 cm³/mol. The zero-order chi connectivity index (χ0) is 23.0. The highest BCUT2D eigenvalue weighted by molar-refractivity contribution is 6.51. The van der Waals surface area contributed by atoms with E-state index in [1.807, 2.05) is 6.07 Å². The van der Waals surface area contributed by atoms with Gasteiger partial charge in [-0.1, -0.05) is 53.5 Å². The fraction of sp³-hybridized carbons (Fsp3) is 0.120. The van der Waals surface area contributed by atoms with Gasteiger partial charge in [-0.15, -0.1) is 0 Å². The number of rotatable bonds is 4. The Balaban J connectivity index is 2.00. The van der Waals surface area contributed by atoms with Gasteiger partial charge < -0.3 is 9.84 Å². The molecular formula is C25H19Cl2NO4. The van der Waals surface area contributed by atoms with Crippen LogP contribution in [0.15, 0.2) is 72.3 Å². The van der Waals surface area contributed by atoms with E-state index in [2.05, 4.69) is 0 Å². The summed E-state index contributed by atoms with van der Waals surface area (Å²) in [6, 6.07) is 18.1. The Morgan fingerprint density at radius 2 is 1.66 bits per heavy atom. The molecule has 162 valence electrons. The number of amides is 1. The van der Waals surface area contributed by atoms with Crippen LogP contribution in [0.5, 0.6) is 5.75 Å². The average molecular weight is 468 g/mol. The molecule has 1 aliphatic rings. The van der Waals surface area contributed by atoms with Gasteiger partial charge in [-0.05, 0) is 54.4 Å². The third kappa shape index (κ3) is 3.74. The monoisotopic (exact) mass is 467 g/mol. The maximum absolute atomic E-state index is 13.2. The summed E-state index contributed by atoms with van der Waals surface area (Å²) in [5.41, 5.74) is 2.10. The number of ether oxygens (including phenoxy) is 1. The van der Waals surface area contributed by atoms with Crippen molar-refractivity contribution in [3.63, 3.8) is 0 Å². The van der Waals surface area contributed by atoms with Crippen molar-refractivity contribution >= 4 is 46.3 Å². The maximum Gasteiger partial charge on any atom is 0.300 e. The van der Waals surface area contributed by atoms with E-state index in [1.54, 1.807) is 67.6 Å². The van der Waals surface area contributed by atoms with Crippen LogP contribution in [0.25, 0.3) is 5.76 Å². The van der Waals surface area contributed by atoms with Crippen molar-refractivity contribution in [2.75, 3.05) is 12.0 Å². The minimum absolute atomic E-state index is 0.0545. The summed E-state index contributed by atoms with van der Waals surface area (Å²) < 4.78 is 5.39. The van der Waals surface area contributed by atoms with E-state index in [1.165, 1.54) is 12.0 Å². The molecule has 0 radical (unpaired) electrons. The van der Waals surface area contributed by atoms with E-state index < -0.39 is 17.7 Å². The van der Waals surface area contributed by atoms with Gasteiger partial charge in [0.25, 0.3) is 11.7 Å². The number of Topliss-reactive ketones (excluding diaryl/α,β-unsaturated/α-hetero) is 1. The van der Waals surface area contributed by atoms with Crippen LogP contribution in [0.2, 0.25) is 10.0 Å². The Hall–Kier alpha value is -3.28. The fourth-order valence-electron chi connectivity index (χ4n) is 3.91.